The number of aryl methyl sites for hydroxylation is 1. The van der Waals surface area contributed by atoms with Crippen LogP contribution in [0.5, 0.6) is 0 Å². The molecular weight excluding hydrogens is 390 g/mol. The van der Waals surface area contributed by atoms with Crippen LogP contribution < -0.4 is 0 Å². The minimum Gasteiger partial charge on any atom is -0.460 e. The van der Waals surface area contributed by atoms with Crippen molar-refractivity contribution in [3.05, 3.63) is 76.5 Å². The maximum absolute atomic E-state index is 13.3. The van der Waals surface area contributed by atoms with Gasteiger partial charge in [-0.1, -0.05) is 48.0 Å². The maximum atomic E-state index is 13.3. The number of nitrogens with zero attached hydrogens (tertiary/aromatic N) is 1. The molecule has 0 spiro atoms. The lowest BCUT2D eigenvalue weighted by atomic mass is 10.0. The summed E-state index contributed by atoms with van der Waals surface area (Å²) in [6.07, 6.45) is 2.94. The van der Waals surface area contributed by atoms with Crippen LogP contribution >= 0.6 is 0 Å². The largest absolute Gasteiger partial charge is 0.460 e. The number of hydrogen-bond acceptors (Lipinski definition) is 5. The number of allylic oxidation sites excluding steroid dienone is 1. The summed E-state index contributed by atoms with van der Waals surface area (Å²) in [4.78, 5) is 30.1. The Labute approximate surface area is 180 Å². The first-order valence-electron chi connectivity index (χ1n) is 10.6. The zero-order valence-electron chi connectivity index (χ0n) is 17.6. The van der Waals surface area contributed by atoms with Crippen LogP contribution in [0, 0.1) is 6.92 Å². The summed E-state index contributed by atoms with van der Waals surface area (Å²) in [7, 11) is 0. The highest BCUT2D eigenvalue weighted by atomic mass is 16.6. The van der Waals surface area contributed by atoms with Crippen molar-refractivity contribution in [3.8, 4) is 0 Å². The summed E-state index contributed by atoms with van der Waals surface area (Å²) in [5.74, 6) is -0.960. The minimum absolute atomic E-state index is 0.241. The molecule has 5 nitrogen and oxygen atoms in total. The minimum atomic E-state index is -0.853. The second-order valence-electron chi connectivity index (χ2n) is 8.29. The molecule has 1 aromatic heterocycles. The number of hydrogen-bond donors (Lipinski definition) is 0. The van der Waals surface area contributed by atoms with Gasteiger partial charge in [0.15, 0.2) is 0 Å². The average molecular weight is 413 g/mol. The number of aromatic nitrogens is 1. The molecule has 1 aliphatic carbocycles. The third-order valence-electron chi connectivity index (χ3n) is 5.94. The van der Waals surface area contributed by atoms with E-state index >= 15 is 0 Å². The first-order chi connectivity index (χ1) is 15.0. The van der Waals surface area contributed by atoms with E-state index in [-0.39, 0.29) is 6.10 Å². The molecule has 2 aliphatic rings. The Morgan fingerprint density at radius 1 is 1.13 bits per heavy atom. The van der Waals surface area contributed by atoms with Crippen molar-refractivity contribution in [1.29, 1.82) is 0 Å². The SMILES string of the molecule is Cc1ccc(/C=C2\CCc3c2nc2ccccc2c3C(=O)OC2CC(C)OC2=O)cc1. The molecule has 0 N–H and O–H groups in total. The fourth-order valence-corrected chi connectivity index (χ4v) is 4.38. The van der Waals surface area contributed by atoms with Gasteiger partial charge in [-0.25, -0.2) is 14.6 Å². The topological polar surface area (TPSA) is 65.5 Å². The highest BCUT2D eigenvalue weighted by molar-refractivity contribution is 6.07. The van der Waals surface area contributed by atoms with Crippen molar-refractivity contribution >= 4 is 34.5 Å². The number of esters is 2. The average Bonchev–Trinajstić information content (AvgIpc) is 3.29. The van der Waals surface area contributed by atoms with Crippen molar-refractivity contribution < 1.29 is 19.1 Å². The first-order valence-corrected chi connectivity index (χ1v) is 10.6. The van der Waals surface area contributed by atoms with Crippen LogP contribution in [0.15, 0.2) is 48.5 Å². The van der Waals surface area contributed by atoms with E-state index in [9.17, 15) is 9.59 Å². The molecule has 0 bridgehead atoms. The molecule has 31 heavy (non-hydrogen) atoms. The smallest absolute Gasteiger partial charge is 0.347 e. The molecule has 5 rings (SSSR count). The van der Waals surface area contributed by atoms with Gasteiger partial charge in [-0.15, -0.1) is 0 Å². The van der Waals surface area contributed by atoms with Gasteiger partial charge in [0.25, 0.3) is 0 Å². The summed E-state index contributed by atoms with van der Waals surface area (Å²) >= 11 is 0. The monoisotopic (exact) mass is 413 g/mol. The van der Waals surface area contributed by atoms with Crippen LogP contribution in [0.1, 0.15) is 52.5 Å². The lowest BCUT2D eigenvalue weighted by Gasteiger charge is -2.14. The van der Waals surface area contributed by atoms with E-state index in [1.54, 1.807) is 6.92 Å². The molecule has 156 valence electrons. The highest BCUT2D eigenvalue weighted by Crippen LogP contribution is 2.38. The van der Waals surface area contributed by atoms with E-state index in [1.165, 1.54) is 5.56 Å². The van der Waals surface area contributed by atoms with Gasteiger partial charge in [0, 0.05) is 11.8 Å². The molecule has 0 saturated carbocycles. The molecule has 2 unspecified atom stereocenters. The fourth-order valence-electron chi connectivity index (χ4n) is 4.38. The van der Waals surface area contributed by atoms with Crippen molar-refractivity contribution in [2.24, 2.45) is 0 Å². The van der Waals surface area contributed by atoms with Gasteiger partial charge < -0.3 is 9.47 Å². The van der Waals surface area contributed by atoms with Crippen molar-refractivity contribution in [2.75, 3.05) is 0 Å². The molecule has 1 saturated heterocycles. The summed E-state index contributed by atoms with van der Waals surface area (Å²) in [6.45, 7) is 3.86. The zero-order valence-corrected chi connectivity index (χ0v) is 17.6. The van der Waals surface area contributed by atoms with Gasteiger partial charge in [-0.3, -0.25) is 0 Å². The second kappa shape index (κ2) is 7.65. The molecule has 2 atom stereocenters. The number of cyclic esters (lactones) is 1. The third kappa shape index (κ3) is 3.61. The molecule has 0 amide bonds. The van der Waals surface area contributed by atoms with E-state index in [0.29, 0.717) is 18.4 Å². The van der Waals surface area contributed by atoms with Crippen LogP contribution in [0.25, 0.3) is 22.6 Å². The van der Waals surface area contributed by atoms with Crippen molar-refractivity contribution in [1.82, 2.24) is 4.98 Å². The molecule has 1 aliphatic heterocycles. The number of ether oxygens (including phenoxy) is 2. The Bertz CT molecular complexity index is 1230. The molecule has 1 fully saturated rings. The fraction of sp³-hybridized carbons (Fsp3) is 0.269. The number of pyridine rings is 1. The van der Waals surface area contributed by atoms with Crippen LogP contribution in [0.2, 0.25) is 0 Å². The van der Waals surface area contributed by atoms with Crippen LogP contribution in [-0.4, -0.2) is 29.1 Å². The number of benzene rings is 2. The Kier molecular flexibility index (Phi) is 4.81. The Morgan fingerprint density at radius 2 is 1.90 bits per heavy atom. The van der Waals surface area contributed by atoms with Gasteiger partial charge in [0.1, 0.15) is 6.10 Å². The summed E-state index contributed by atoms with van der Waals surface area (Å²) < 4.78 is 10.8. The van der Waals surface area contributed by atoms with Crippen LogP contribution in [0.3, 0.4) is 0 Å². The van der Waals surface area contributed by atoms with E-state index in [1.807, 2.05) is 24.3 Å². The number of fused-ring (bicyclic) bond motifs is 2. The van der Waals surface area contributed by atoms with Crippen LogP contribution in [0.4, 0.5) is 0 Å². The number of para-hydroxylation sites is 1. The highest BCUT2D eigenvalue weighted by Gasteiger charge is 2.37. The zero-order chi connectivity index (χ0) is 21.5. The van der Waals surface area contributed by atoms with Gasteiger partial charge in [-0.2, -0.15) is 0 Å². The molecule has 3 aromatic rings. The molecule has 5 heteroatoms. The molecule has 2 aromatic carbocycles. The Morgan fingerprint density at radius 3 is 2.65 bits per heavy atom. The number of carbonyl (C=O) groups excluding carboxylic acids is 2. The van der Waals surface area contributed by atoms with Crippen LogP contribution in [-0.2, 0) is 20.7 Å². The van der Waals surface area contributed by atoms with Crippen molar-refractivity contribution in [2.45, 2.75) is 45.3 Å². The van der Waals surface area contributed by atoms with E-state index in [2.05, 4.69) is 37.3 Å². The molecular formula is C26H23NO4. The predicted octanol–water partition coefficient (Wildman–Crippen LogP) is 4.89. The first kappa shape index (κ1) is 19.5. The Balaban J connectivity index is 1.58. The second-order valence-corrected chi connectivity index (χ2v) is 8.29. The standard InChI is InChI=1S/C26H23NO4/c1-15-7-9-17(10-8-15)14-18-11-12-20-23(19-5-3-4-6-21(19)27-24(18)20)26(29)31-22-13-16(2)30-25(22)28/h3-10,14,16,22H,11-13H2,1-2H3/b18-14+. The number of carbonyl (C=O) groups is 2. The summed E-state index contributed by atoms with van der Waals surface area (Å²) in [5, 5.41) is 0.752. The van der Waals surface area contributed by atoms with Gasteiger partial charge in [0.2, 0.25) is 6.10 Å². The quantitative estimate of drug-likeness (QED) is 0.572. The molecule has 0 radical (unpaired) electrons. The van der Waals surface area contributed by atoms with Gasteiger partial charge >= 0.3 is 11.9 Å². The summed E-state index contributed by atoms with van der Waals surface area (Å²) in [5.41, 5.74) is 6.41. The molecule has 2 heterocycles. The van der Waals surface area contributed by atoms with E-state index < -0.39 is 18.0 Å². The van der Waals surface area contributed by atoms with Gasteiger partial charge in [-0.05, 0) is 55.5 Å². The number of rotatable bonds is 3. The predicted molar refractivity (Wildman–Crippen MR) is 118 cm³/mol. The Hall–Kier alpha value is -3.47. The normalized spacial score (nSPS) is 21.4. The third-order valence-corrected chi connectivity index (χ3v) is 5.94. The van der Waals surface area contributed by atoms with Crippen molar-refractivity contribution in [3.63, 3.8) is 0 Å². The van der Waals surface area contributed by atoms with Gasteiger partial charge in [0.05, 0.1) is 16.8 Å². The van der Waals surface area contributed by atoms with E-state index in [4.69, 9.17) is 14.5 Å². The summed E-state index contributed by atoms with van der Waals surface area (Å²) in [6, 6.07) is 15.9. The maximum Gasteiger partial charge on any atom is 0.347 e. The van der Waals surface area contributed by atoms with E-state index in [0.717, 1.165) is 39.7 Å². The lowest BCUT2D eigenvalue weighted by Crippen LogP contribution is -2.23. The lowest BCUT2D eigenvalue weighted by molar-refractivity contribution is -0.147.